The fraction of sp³-hybridized carbons (Fsp3) is 0.273. The normalized spacial score (nSPS) is 15.4. The topological polar surface area (TPSA) is 12.0 Å². The summed E-state index contributed by atoms with van der Waals surface area (Å²) in [7, 11) is 0. The summed E-state index contributed by atoms with van der Waals surface area (Å²) in [5.41, 5.74) is 4.28. The fourth-order valence-corrected chi connectivity index (χ4v) is 1.69. The van der Waals surface area contributed by atoms with E-state index < -0.39 is 0 Å². The summed E-state index contributed by atoms with van der Waals surface area (Å²) >= 11 is 0. The highest BCUT2D eigenvalue weighted by Gasteiger charge is 2.11. The van der Waals surface area contributed by atoms with Crippen LogP contribution in [0.3, 0.4) is 0 Å². The van der Waals surface area contributed by atoms with Gasteiger partial charge in [-0.25, -0.2) is 0 Å². The molecule has 1 nitrogen and oxygen atoms in total. The van der Waals surface area contributed by atoms with Crippen LogP contribution in [-0.2, 0) is 13.1 Å². The van der Waals surface area contributed by atoms with Crippen LogP contribution in [-0.4, -0.2) is 0 Å². The van der Waals surface area contributed by atoms with Crippen molar-refractivity contribution in [1.29, 1.82) is 0 Å². The van der Waals surface area contributed by atoms with Crippen LogP contribution in [0.4, 0.5) is 0 Å². The molecular weight excluding hydrogens is 146 g/mol. The van der Waals surface area contributed by atoms with Gasteiger partial charge in [0.2, 0.25) is 0 Å². The Bertz CT molecular complexity index is 313. The third-order valence-electron chi connectivity index (χ3n) is 2.27. The number of rotatable bonds is 1. The van der Waals surface area contributed by atoms with Gasteiger partial charge in [0, 0.05) is 13.1 Å². The van der Waals surface area contributed by atoms with Crippen LogP contribution < -0.4 is 5.32 Å². The highest BCUT2D eigenvalue weighted by molar-refractivity contribution is 5.56. The number of hydrogen-bond acceptors (Lipinski definition) is 1. The largest absolute Gasteiger partial charge is 0.309 e. The second kappa shape index (κ2) is 3.11. The van der Waals surface area contributed by atoms with Crippen LogP contribution in [0.5, 0.6) is 0 Å². The Morgan fingerprint density at radius 2 is 2.25 bits per heavy atom. The average molecular weight is 159 g/mol. The smallest absolute Gasteiger partial charge is 0.0217 e. The zero-order valence-electron chi connectivity index (χ0n) is 7.30. The lowest BCUT2D eigenvalue weighted by Crippen LogP contribution is -2.00. The van der Waals surface area contributed by atoms with Crippen LogP contribution in [0.15, 0.2) is 24.3 Å². The van der Waals surface area contributed by atoms with E-state index in [0.717, 1.165) is 13.1 Å². The molecule has 0 saturated carbocycles. The van der Waals surface area contributed by atoms with Crippen LogP contribution in [0.25, 0.3) is 6.08 Å². The number of hydrogen-bond donors (Lipinski definition) is 1. The van der Waals surface area contributed by atoms with E-state index in [4.69, 9.17) is 0 Å². The highest BCUT2D eigenvalue weighted by Crippen LogP contribution is 2.20. The minimum atomic E-state index is 1.02. The molecule has 0 unspecified atom stereocenters. The van der Waals surface area contributed by atoms with Crippen LogP contribution in [0, 0.1) is 0 Å². The SMILES string of the molecule is C/C=C/c1cccc2c1CNC2. The maximum atomic E-state index is 3.35. The van der Waals surface area contributed by atoms with Crippen molar-refractivity contribution >= 4 is 6.08 Å². The lowest BCUT2D eigenvalue weighted by molar-refractivity contribution is 0.764. The molecule has 0 amide bonds. The minimum Gasteiger partial charge on any atom is -0.309 e. The predicted octanol–water partition coefficient (Wildman–Crippen LogP) is 2.32. The molecule has 1 N–H and O–H groups in total. The molecule has 1 aliphatic heterocycles. The van der Waals surface area contributed by atoms with Crippen molar-refractivity contribution in [3.8, 4) is 0 Å². The minimum absolute atomic E-state index is 1.02. The van der Waals surface area contributed by atoms with Gasteiger partial charge < -0.3 is 5.32 Å². The van der Waals surface area contributed by atoms with E-state index in [9.17, 15) is 0 Å². The lowest BCUT2D eigenvalue weighted by Gasteiger charge is -2.01. The van der Waals surface area contributed by atoms with Gasteiger partial charge in [-0.1, -0.05) is 30.4 Å². The molecule has 0 radical (unpaired) electrons. The van der Waals surface area contributed by atoms with E-state index in [0.29, 0.717) is 0 Å². The summed E-state index contributed by atoms with van der Waals surface area (Å²) in [4.78, 5) is 0. The molecule has 62 valence electrons. The average Bonchev–Trinajstić information content (AvgIpc) is 2.53. The Balaban J connectivity index is 2.49. The Kier molecular flexibility index (Phi) is 1.96. The third-order valence-corrected chi connectivity index (χ3v) is 2.27. The van der Waals surface area contributed by atoms with Crippen molar-refractivity contribution in [1.82, 2.24) is 5.32 Å². The molecule has 2 rings (SSSR count). The molecule has 0 spiro atoms. The maximum Gasteiger partial charge on any atom is 0.0217 e. The van der Waals surface area contributed by atoms with Crippen molar-refractivity contribution in [3.63, 3.8) is 0 Å². The van der Waals surface area contributed by atoms with Gasteiger partial charge in [-0.3, -0.25) is 0 Å². The second-order valence-corrected chi connectivity index (χ2v) is 3.09. The first-order chi connectivity index (χ1) is 5.92. The Morgan fingerprint density at radius 3 is 3.08 bits per heavy atom. The Labute approximate surface area is 73.1 Å². The molecule has 1 heteroatoms. The van der Waals surface area contributed by atoms with E-state index >= 15 is 0 Å². The molecule has 0 aliphatic carbocycles. The molecule has 0 bridgehead atoms. The molecule has 1 aromatic rings. The molecule has 1 heterocycles. The Morgan fingerprint density at radius 1 is 1.33 bits per heavy atom. The zero-order valence-corrected chi connectivity index (χ0v) is 7.30. The van der Waals surface area contributed by atoms with Crippen molar-refractivity contribution in [2.45, 2.75) is 20.0 Å². The molecule has 0 atom stereocenters. The third kappa shape index (κ3) is 1.16. The molecule has 0 saturated heterocycles. The number of nitrogens with one attached hydrogen (secondary N) is 1. The fourth-order valence-electron chi connectivity index (χ4n) is 1.69. The van der Waals surface area contributed by atoms with Gasteiger partial charge in [-0.05, 0) is 23.6 Å². The molecule has 0 aromatic heterocycles. The van der Waals surface area contributed by atoms with Gasteiger partial charge in [0.1, 0.15) is 0 Å². The molecular formula is C11H13N. The van der Waals surface area contributed by atoms with Crippen LogP contribution in [0.2, 0.25) is 0 Å². The molecule has 0 fully saturated rings. The molecule has 12 heavy (non-hydrogen) atoms. The highest BCUT2D eigenvalue weighted by atomic mass is 14.9. The van der Waals surface area contributed by atoms with Crippen molar-refractivity contribution in [2.75, 3.05) is 0 Å². The van der Waals surface area contributed by atoms with Gasteiger partial charge in [-0.15, -0.1) is 0 Å². The standard InChI is InChI=1S/C11H13N/c1-2-4-9-5-3-6-10-7-12-8-11(9)10/h2-6,12H,7-8H2,1H3/b4-2+. The van der Waals surface area contributed by atoms with Crippen molar-refractivity contribution in [2.24, 2.45) is 0 Å². The van der Waals surface area contributed by atoms with E-state index in [1.54, 1.807) is 0 Å². The molecule has 1 aliphatic rings. The van der Waals surface area contributed by atoms with Gasteiger partial charge in [0.15, 0.2) is 0 Å². The quantitative estimate of drug-likeness (QED) is 0.663. The van der Waals surface area contributed by atoms with Gasteiger partial charge in [0.25, 0.3) is 0 Å². The first-order valence-corrected chi connectivity index (χ1v) is 4.36. The van der Waals surface area contributed by atoms with Gasteiger partial charge >= 0.3 is 0 Å². The van der Waals surface area contributed by atoms with Crippen molar-refractivity contribution in [3.05, 3.63) is 41.0 Å². The maximum absolute atomic E-state index is 3.35. The van der Waals surface area contributed by atoms with E-state index in [1.807, 2.05) is 0 Å². The summed E-state index contributed by atoms with van der Waals surface area (Å²) < 4.78 is 0. The van der Waals surface area contributed by atoms with E-state index in [-0.39, 0.29) is 0 Å². The monoisotopic (exact) mass is 159 g/mol. The second-order valence-electron chi connectivity index (χ2n) is 3.09. The first-order valence-electron chi connectivity index (χ1n) is 4.36. The first kappa shape index (κ1) is 7.56. The zero-order chi connectivity index (χ0) is 8.39. The van der Waals surface area contributed by atoms with Gasteiger partial charge in [-0.2, -0.15) is 0 Å². The summed E-state index contributed by atoms with van der Waals surface area (Å²) in [5, 5.41) is 3.35. The van der Waals surface area contributed by atoms with E-state index in [1.165, 1.54) is 16.7 Å². The van der Waals surface area contributed by atoms with Crippen LogP contribution >= 0.6 is 0 Å². The number of benzene rings is 1. The Hall–Kier alpha value is -1.08. The summed E-state index contributed by atoms with van der Waals surface area (Å²) in [5.74, 6) is 0. The lowest BCUT2D eigenvalue weighted by atomic mass is 10.0. The number of fused-ring (bicyclic) bond motifs is 1. The van der Waals surface area contributed by atoms with Crippen molar-refractivity contribution < 1.29 is 0 Å². The summed E-state index contributed by atoms with van der Waals surface area (Å²) in [6, 6.07) is 6.50. The number of allylic oxidation sites excluding steroid dienone is 1. The van der Waals surface area contributed by atoms with Gasteiger partial charge in [0.05, 0.1) is 0 Å². The molecule has 1 aromatic carbocycles. The summed E-state index contributed by atoms with van der Waals surface area (Å²) in [6.45, 7) is 4.11. The van der Waals surface area contributed by atoms with E-state index in [2.05, 4.69) is 42.6 Å². The predicted molar refractivity (Wildman–Crippen MR) is 51.7 cm³/mol. The summed E-state index contributed by atoms with van der Waals surface area (Å²) in [6.07, 6.45) is 4.26. The van der Waals surface area contributed by atoms with Crippen LogP contribution in [0.1, 0.15) is 23.6 Å².